The molecule has 2 saturated carbocycles. The maximum absolute atomic E-state index is 12.5. The predicted molar refractivity (Wildman–Crippen MR) is 94.4 cm³/mol. The number of nitrogens with zero attached hydrogens (tertiary/aromatic N) is 3. The molecule has 1 aromatic rings. The quantitative estimate of drug-likeness (QED) is 0.393. The van der Waals surface area contributed by atoms with E-state index in [0.29, 0.717) is 5.92 Å². The van der Waals surface area contributed by atoms with E-state index in [2.05, 4.69) is 15.5 Å². The topological polar surface area (TPSA) is 82.9 Å². The predicted octanol–water partition coefficient (Wildman–Crippen LogP) is 5.78. The van der Waals surface area contributed by atoms with Gasteiger partial charge in [-0.25, -0.2) is 8.42 Å². The highest BCUT2D eigenvalue weighted by Gasteiger charge is 2.26. The lowest BCUT2D eigenvalue weighted by Crippen LogP contribution is -2.12. The number of benzene rings is 1. The molecule has 130 valence electrons. The summed E-state index contributed by atoms with van der Waals surface area (Å²) in [7, 11) is -3.94. The molecule has 1 aromatic carbocycles. The average Bonchev–Trinajstić information content (AvgIpc) is 2.63. The fourth-order valence-corrected chi connectivity index (χ4v) is 5.31. The van der Waals surface area contributed by atoms with Crippen LogP contribution in [0.4, 0.5) is 0 Å². The monoisotopic (exact) mass is 347 g/mol. The summed E-state index contributed by atoms with van der Waals surface area (Å²) in [5, 5.41) is 0. The second-order valence-corrected chi connectivity index (χ2v) is 8.67. The number of sulfonamides is 1. The Morgan fingerprint density at radius 2 is 1.50 bits per heavy atom. The van der Waals surface area contributed by atoms with Gasteiger partial charge in [0.25, 0.3) is 10.0 Å². The number of azide groups is 1. The van der Waals surface area contributed by atoms with Gasteiger partial charge in [-0.15, -0.1) is 0 Å². The summed E-state index contributed by atoms with van der Waals surface area (Å²) in [6, 6.07) is 5.89. The Labute approximate surface area is 144 Å². The normalized spacial score (nSPS) is 20.5. The molecule has 0 saturated heterocycles. The van der Waals surface area contributed by atoms with Crippen molar-refractivity contribution >= 4 is 10.0 Å². The second-order valence-electron chi connectivity index (χ2n) is 7.11. The zero-order valence-electron chi connectivity index (χ0n) is 14.0. The van der Waals surface area contributed by atoms with Crippen LogP contribution < -0.4 is 0 Å². The average molecular weight is 347 g/mol. The lowest BCUT2D eigenvalue weighted by molar-refractivity contribution is 0.434. The molecule has 0 bridgehead atoms. The summed E-state index contributed by atoms with van der Waals surface area (Å²) < 4.78 is 28.1. The van der Waals surface area contributed by atoms with Gasteiger partial charge in [0.1, 0.15) is 0 Å². The Balaban J connectivity index is 2.03. The van der Waals surface area contributed by atoms with Crippen molar-refractivity contribution < 1.29 is 8.42 Å². The van der Waals surface area contributed by atoms with Gasteiger partial charge in [-0.1, -0.05) is 50.7 Å². The molecule has 0 N–H and O–H groups in total. The SMILES string of the molecule is [N-]=[N+]=NS(=O)(=O)c1cc(C2CCCCC2)ccc1C1CCCCC1. The van der Waals surface area contributed by atoms with Crippen LogP contribution in [0.5, 0.6) is 0 Å². The first-order chi connectivity index (χ1) is 11.6. The molecule has 24 heavy (non-hydrogen) atoms. The Morgan fingerprint density at radius 1 is 0.917 bits per heavy atom. The minimum atomic E-state index is -3.94. The van der Waals surface area contributed by atoms with E-state index in [0.717, 1.165) is 49.7 Å². The van der Waals surface area contributed by atoms with Crippen LogP contribution in [0.2, 0.25) is 0 Å². The van der Waals surface area contributed by atoms with Gasteiger partial charge >= 0.3 is 0 Å². The van der Waals surface area contributed by atoms with Gasteiger partial charge in [-0.2, -0.15) is 0 Å². The minimum Gasteiger partial charge on any atom is -0.216 e. The first kappa shape index (κ1) is 17.3. The lowest BCUT2D eigenvalue weighted by atomic mass is 9.81. The zero-order valence-corrected chi connectivity index (χ0v) is 14.8. The molecule has 2 aliphatic rings. The van der Waals surface area contributed by atoms with Gasteiger partial charge in [0, 0.05) is 9.43 Å². The minimum absolute atomic E-state index is 0.246. The third kappa shape index (κ3) is 3.76. The number of hydrogen-bond acceptors (Lipinski definition) is 2. The number of rotatable bonds is 4. The molecule has 3 rings (SSSR count). The maximum Gasteiger partial charge on any atom is 0.264 e. The maximum atomic E-state index is 12.5. The van der Waals surface area contributed by atoms with Crippen LogP contribution in [-0.4, -0.2) is 8.42 Å². The molecular formula is C18H25N3O2S. The van der Waals surface area contributed by atoms with E-state index in [1.807, 2.05) is 6.07 Å². The van der Waals surface area contributed by atoms with E-state index in [1.54, 1.807) is 6.07 Å². The summed E-state index contributed by atoms with van der Waals surface area (Å²) in [6.45, 7) is 0. The van der Waals surface area contributed by atoms with E-state index in [-0.39, 0.29) is 10.8 Å². The summed E-state index contributed by atoms with van der Waals surface area (Å²) in [6.07, 6.45) is 11.4. The van der Waals surface area contributed by atoms with Crippen LogP contribution in [0.25, 0.3) is 10.4 Å². The van der Waals surface area contributed by atoms with Crippen molar-refractivity contribution in [2.75, 3.05) is 0 Å². The van der Waals surface area contributed by atoms with E-state index in [9.17, 15) is 8.42 Å². The highest BCUT2D eigenvalue weighted by atomic mass is 32.2. The van der Waals surface area contributed by atoms with Crippen LogP contribution in [-0.2, 0) is 10.0 Å². The van der Waals surface area contributed by atoms with Crippen molar-refractivity contribution in [3.63, 3.8) is 0 Å². The molecule has 2 aliphatic carbocycles. The van der Waals surface area contributed by atoms with Gasteiger partial charge in [0.05, 0.1) is 4.90 Å². The third-order valence-corrected chi connectivity index (χ3v) is 6.78. The molecule has 2 fully saturated rings. The van der Waals surface area contributed by atoms with Crippen LogP contribution in [0.15, 0.2) is 27.6 Å². The van der Waals surface area contributed by atoms with Crippen molar-refractivity contribution in [1.29, 1.82) is 0 Å². The van der Waals surface area contributed by atoms with Crippen LogP contribution in [0.1, 0.15) is 87.2 Å². The molecule has 0 aromatic heterocycles. The molecule has 0 amide bonds. The molecule has 0 spiro atoms. The molecule has 0 atom stereocenters. The molecule has 0 radical (unpaired) electrons. The molecule has 6 heteroatoms. The summed E-state index contributed by atoms with van der Waals surface area (Å²) >= 11 is 0. The Hall–Kier alpha value is -1.52. The highest BCUT2D eigenvalue weighted by Crippen LogP contribution is 2.39. The van der Waals surface area contributed by atoms with E-state index >= 15 is 0 Å². The van der Waals surface area contributed by atoms with Crippen molar-refractivity contribution in [3.05, 3.63) is 39.8 Å². The zero-order chi connectivity index (χ0) is 17.0. The van der Waals surface area contributed by atoms with Gasteiger partial charge < -0.3 is 0 Å². The Kier molecular flexibility index (Phi) is 5.47. The molecule has 0 aliphatic heterocycles. The molecule has 0 unspecified atom stereocenters. The second kappa shape index (κ2) is 7.58. The fourth-order valence-electron chi connectivity index (χ4n) is 4.31. The van der Waals surface area contributed by atoms with E-state index in [1.165, 1.54) is 25.7 Å². The lowest BCUT2D eigenvalue weighted by Gasteiger charge is -2.26. The summed E-state index contributed by atoms with van der Waals surface area (Å²) in [5.74, 6) is 0.692. The molecular weight excluding hydrogens is 322 g/mol. The molecule has 5 nitrogen and oxygen atoms in total. The van der Waals surface area contributed by atoms with Crippen molar-refractivity contribution in [1.82, 2.24) is 0 Å². The smallest absolute Gasteiger partial charge is 0.216 e. The van der Waals surface area contributed by atoms with Crippen molar-refractivity contribution in [2.45, 2.75) is 80.9 Å². The van der Waals surface area contributed by atoms with Crippen LogP contribution in [0.3, 0.4) is 0 Å². The van der Waals surface area contributed by atoms with Crippen LogP contribution in [0, 0.1) is 0 Å². The first-order valence-electron chi connectivity index (χ1n) is 9.07. The van der Waals surface area contributed by atoms with E-state index < -0.39 is 10.0 Å². The highest BCUT2D eigenvalue weighted by molar-refractivity contribution is 7.90. The van der Waals surface area contributed by atoms with Gasteiger partial charge in [0.2, 0.25) is 0 Å². The van der Waals surface area contributed by atoms with Crippen LogP contribution >= 0.6 is 0 Å². The van der Waals surface area contributed by atoms with Gasteiger partial charge in [-0.3, -0.25) is 0 Å². The molecule has 0 heterocycles. The summed E-state index contributed by atoms with van der Waals surface area (Å²) in [4.78, 5) is 2.79. The number of hydrogen-bond donors (Lipinski definition) is 0. The fraction of sp³-hybridized carbons (Fsp3) is 0.667. The first-order valence-corrected chi connectivity index (χ1v) is 10.5. The van der Waals surface area contributed by atoms with Gasteiger partial charge in [-0.05, 0) is 60.2 Å². The van der Waals surface area contributed by atoms with Crippen molar-refractivity contribution in [2.24, 2.45) is 4.52 Å². The Morgan fingerprint density at radius 3 is 2.08 bits per heavy atom. The standard InChI is InChI=1S/C18H25N3O2S/c19-20-21-24(22,23)18-13-16(14-7-3-1-4-8-14)11-12-17(18)15-9-5-2-6-10-15/h11-15H,1-10H2. The summed E-state index contributed by atoms with van der Waals surface area (Å²) in [5.41, 5.74) is 10.6. The van der Waals surface area contributed by atoms with E-state index in [4.69, 9.17) is 5.53 Å². The van der Waals surface area contributed by atoms with Gasteiger partial charge in [0.15, 0.2) is 0 Å². The largest absolute Gasteiger partial charge is 0.264 e. The Bertz CT molecular complexity index is 727. The van der Waals surface area contributed by atoms with Crippen molar-refractivity contribution in [3.8, 4) is 0 Å². The third-order valence-electron chi connectivity index (χ3n) is 5.58.